The number of carbonyl (C=O) groups is 1. The highest BCUT2D eigenvalue weighted by molar-refractivity contribution is 14.1. The van der Waals surface area contributed by atoms with E-state index < -0.39 is 5.91 Å². The predicted octanol–water partition coefficient (Wildman–Crippen LogP) is 5.02. The molecule has 0 bridgehead atoms. The summed E-state index contributed by atoms with van der Waals surface area (Å²) in [5, 5.41) is 12.0. The topological polar surface area (TPSA) is 62.1 Å². The van der Waals surface area contributed by atoms with Gasteiger partial charge in [-0.25, -0.2) is 0 Å². The molecule has 1 N–H and O–H groups in total. The van der Waals surface area contributed by atoms with Crippen molar-refractivity contribution in [3.63, 3.8) is 0 Å². The van der Waals surface area contributed by atoms with E-state index in [0.29, 0.717) is 12.3 Å². The van der Waals surface area contributed by atoms with Gasteiger partial charge in [0.1, 0.15) is 17.4 Å². The fourth-order valence-electron chi connectivity index (χ4n) is 2.04. The van der Waals surface area contributed by atoms with E-state index in [1.54, 1.807) is 18.2 Å². The molecule has 5 heteroatoms. The Balaban J connectivity index is 2.04. The summed E-state index contributed by atoms with van der Waals surface area (Å²) in [5.74, 6) is 0.361. The zero-order valence-corrected chi connectivity index (χ0v) is 16.1. The number of nitrogens with zero attached hydrogens (tertiary/aromatic N) is 1. The standard InChI is InChI=1S/C20H19IN2O2/c1-2-3-12-25-19-10-4-15(5-11-19)13-16(14-22)20(24)23-18-8-6-17(21)7-9-18/h4-11,13H,2-3,12H2,1H3,(H,23,24)/b16-13+. The molecule has 0 fully saturated rings. The van der Waals surface area contributed by atoms with E-state index in [0.717, 1.165) is 27.7 Å². The van der Waals surface area contributed by atoms with Crippen molar-refractivity contribution in [2.75, 3.05) is 11.9 Å². The van der Waals surface area contributed by atoms with Gasteiger partial charge >= 0.3 is 0 Å². The maximum atomic E-state index is 12.2. The summed E-state index contributed by atoms with van der Waals surface area (Å²) in [6.45, 7) is 2.80. The Morgan fingerprint density at radius 2 is 1.88 bits per heavy atom. The Hall–Kier alpha value is -2.33. The molecule has 1 amide bonds. The van der Waals surface area contributed by atoms with Crippen LogP contribution in [0.1, 0.15) is 25.3 Å². The zero-order valence-electron chi connectivity index (χ0n) is 14.0. The van der Waals surface area contributed by atoms with E-state index in [9.17, 15) is 10.1 Å². The van der Waals surface area contributed by atoms with Gasteiger partial charge in [-0.15, -0.1) is 0 Å². The number of nitrogens with one attached hydrogen (secondary N) is 1. The smallest absolute Gasteiger partial charge is 0.266 e. The van der Waals surface area contributed by atoms with Crippen LogP contribution in [0.5, 0.6) is 5.75 Å². The highest BCUT2D eigenvalue weighted by atomic mass is 127. The van der Waals surface area contributed by atoms with Crippen molar-refractivity contribution >= 4 is 40.3 Å². The maximum Gasteiger partial charge on any atom is 0.266 e. The molecular weight excluding hydrogens is 427 g/mol. The monoisotopic (exact) mass is 446 g/mol. The minimum atomic E-state index is -0.424. The number of carbonyl (C=O) groups excluding carboxylic acids is 1. The third-order valence-corrected chi connectivity index (χ3v) is 4.14. The van der Waals surface area contributed by atoms with Gasteiger partial charge in [-0.3, -0.25) is 4.79 Å². The van der Waals surface area contributed by atoms with Crippen molar-refractivity contribution in [2.45, 2.75) is 19.8 Å². The molecule has 0 aliphatic rings. The number of ether oxygens (including phenoxy) is 1. The first-order valence-electron chi connectivity index (χ1n) is 8.04. The molecule has 0 aliphatic heterocycles. The highest BCUT2D eigenvalue weighted by Gasteiger charge is 2.09. The molecule has 0 unspecified atom stereocenters. The van der Waals surface area contributed by atoms with Crippen LogP contribution < -0.4 is 10.1 Å². The predicted molar refractivity (Wildman–Crippen MR) is 108 cm³/mol. The van der Waals surface area contributed by atoms with Crippen molar-refractivity contribution in [1.29, 1.82) is 5.26 Å². The zero-order chi connectivity index (χ0) is 18.1. The van der Waals surface area contributed by atoms with Gasteiger partial charge < -0.3 is 10.1 Å². The Labute approximate surface area is 161 Å². The van der Waals surface area contributed by atoms with E-state index >= 15 is 0 Å². The molecule has 0 saturated heterocycles. The van der Waals surface area contributed by atoms with Crippen LogP contribution in [0.4, 0.5) is 5.69 Å². The molecule has 0 heterocycles. The van der Waals surface area contributed by atoms with E-state index in [2.05, 4.69) is 34.8 Å². The van der Waals surface area contributed by atoms with E-state index in [1.807, 2.05) is 42.5 Å². The van der Waals surface area contributed by atoms with Gasteiger partial charge in [0.2, 0.25) is 0 Å². The molecule has 4 nitrogen and oxygen atoms in total. The van der Waals surface area contributed by atoms with Crippen molar-refractivity contribution < 1.29 is 9.53 Å². The molecular formula is C20H19IN2O2. The number of hydrogen-bond donors (Lipinski definition) is 1. The molecule has 2 rings (SSSR count). The summed E-state index contributed by atoms with van der Waals surface area (Å²) >= 11 is 2.19. The molecule has 0 radical (unpaired) electrons. The SMILES string of the molecule is CCCCOc1ccc(/C=C(\C#N)C(=O)Nc2ccc(I)cc2)cc1. The lowest BCUT2D eigenvalue weighted by molar-refractivity contribution is -0.112. The van der Waals surface area contributed by atoms with Gasteiger partial charge in [-0.05, 0) is 77.0 Å². The van der Waals surface area contributed by atoms with Crippen molar-refractivity contribution in [3.05, 3.63) is 63.2 Å². The molecule has 0 spiro atoms. The molecule has 0 saturated carbocycles. The second-order valence-electron chi connectivity index (χ2n) is 5.40. The van der Waals surface area contributed by atoms with Crippen molar-refractivity contribution in [1.82, 2.24) is 0 Å². The van der Waals surface area contributed by atoms with Gasteiger partial charge in [0, 0.05) is 9.26 Å². The molecule has 2 aromatic carbocycles. The molecule has 128 valence electrons. The number of hydrogen-bond acceptors (Lipinski definition) is 3. The minimum Gasteiger partial charge on any atom is -0.494 e. The molecule has 0 aromatic heterocycles. The van der Waals surface area contributed by atoms with Gasteiger partial charge in [0.05, 0.1) is 6.61 Å². The Morgan fingerprint density at radius 1 is 1.20 bits per heavy atom. The van der Waals surface area contributed by atoms with Crippen molar-refractivity contribution in [3.8, 4) is 11.8 Å². The average molecular weight is 446 g/mol. The van der Waals surface area contributed by atoms with Gasteiger partial charge in [-0.1, -0.05) is 25.5 Å². The number of amides is 1. The van der Waals surface area contributed by atoms with Crippen LogP contribution in [-0.2, 0) is 4.79 Å². The number of halogens is 1. The average Bonchev–Trinajstić information content (AvgIpc) is 2.63. The third-order valence-electron chi connectivity index (χ3n) is 3.42. The van der Waals surface area contributed by atoms with Crippen LogP contribution >= 0.6 is 22.6 Å². The van der Waals surface area contributed by atoms with Crippen LogP contribution in [0.25, 0.3) is 6.08 Å². The van der Waals surface area contributed by atoms with Crippen LogP contribution in [0, 0.1) is 14.9 Å². The number of nitriles is 1. The second-order valence-corrected chi connectivity index (χ2v) is 6.65. The first-order chi connectivity index (χ1) is 12.1. The van der Waals surface area contributed by atoms with Crippen LogP contribution in [0.2, 0.25) is 0 Å². The summed E-state index contributed by atoms with van der Waals surface area (Å²) in [6, 6.07) is 16.7. The minimum absolute atomic E-state index is 0.0539. The van der Waals surface area contributed by atoms with E-state index in [-0.39, 0.29) is 5.57 Å². The Bertz CT molecular complexity index is 775. The third kappa shape index (κ3) is 6.24. The lowest BCUT2D eigenvalue weighted by Crippen LogP contribution is -2.13. The fourth-order valence-corrected chi connectivity index (χ4v) is 2.40. The summed E-state index contributed by atoms with van der Waals surface area (Å²) in [5.41, 5.74) is 1.49. The quantitative estimate of drug-likeness (QED) is 0.281. The maximum absolute atomic E-state index is 12.2. The van der Waals surface area contributed by atoms with Gasteiger partial charge in [0.15, 0.2) is 0 Å². The normalized spacial score (nSPS) is 10.8. The van der Waals surface area contributed by atoms with Crippen molar-refractivity contribution in [2.24, 2.45) is 0 Å². The first-order valence-corrected chi connectivity index (χ1v) is 9.12. The second kappa shape index (κ2) is 9.84. The molecule has 0 aliphatic carbocycles. The van der Waals surface area contributed by atoms with E-state index in [1.165, 1.54) is 0 Å². The molecule has 2 aromatic rings. The summed E-state index contributed by atoms with van der Waals surface area (Å²) in [6.07, 6.45) is 3.67. The lowest BCUT2D eigenvalue weighted by Gasteiger charge is -2.06. The summed E-state index contributed by atoms with van der Waals surface area (Å²) in [7, 11) is 0. The molecule has 25 heavy (non-hydrogen) atoms. The van der Waals surface area contributed by atoms with Crippen LogP contribution in [0.15, 0.2) is 54.1 Å². The number of benzene rings is 2. The van der Waals surface area contributed by atoms with Gasteiger partial charge in [-0.2, -0.15) is 5.26 Å². The highest BCUT2D eigenvalue weighted by Crippen LogP contribution is 2.16. The first kappa shape index (κ1) is 19.0. The van der Waals surface area contributed by atoms with Crippen LogP contribution in [0.3, 0.4) is 0 Å². The number of anilines is 1. The summed E-state index contributed by atoms with van der Waals surface area (Å²) < 4.78 is 6.68. The Kier molecular flexibility index (Phi) is 7.48. The molecule has 0 atom stereocenters. The fraction of sp³-hybridized carbons (Fsp3) is 0.200. The lowest BCUT2D eigenvalue weighted by atomic mass is 10.1. The van der Waals surface area contributed by atoms with Crippen LogP contribution in [-0.4, -0.2) is 12.5 Å². The number of unbranched alkanes of at least 4 members (excludes halogenated alkanes) is 1. The summed E-state index contributed by atoms with van der Waals surface area (Å²) in [4.78, 5) is 12.2. The Morgan fingerprint density at radius 3 is 2.48 bits per heavy atom. The number of rotatable bonds is 7. The van der Waals surface area contributed by atoms with E-state index in [4.69, 9.17) is 4.74 Å². The van der Waals surface area contributed by atoms with Gasteiger partial charge in [0.25, 0.3) is 5.91 Å². The largest absolute Gasteiger partial charge is 0.494 e.